The van der Waals surface area contributed by atoms with Crippen molar-refractivity contribution in [3.63, 3.8) is 0 Å². The van der Waals surface area contributed by atoms with Crippen LogP contribution in [0.15, 0.2) is 47.4 Å². The molecule has 1 heterocycles. The average Bonchev–Trinajstić information content (AvgIpc) is 3.20. The molecule has 192 valence electrons. The zero-order valence-corrected chi connectivity index (χ0v) is 22.3. The molecule has 0 bridgehead atoms. The van der Waals surface area contributed by atoms with Crippen molar-refractivity contribution >= 4 is 32.4 Å². The van der Waals surface area contributed by atoms with Crippen molar-refractivity contribution in [3.05, 3.63) is 48.3 Å². The van der Waals surface area contributed by atoms with Crippen LogP contribution in [-0.2, 0) is 31.6 Å². The van der Waals surface area contributed by atoms with Gasteiger partial charge in [-0.15, -0.1) is 0 Å². The monoisotopic (exact) mass is 502 g/mol. The summed E-state index contributed by atoms with van der Waals surface area (Å²) in [6.07, 6.45) is 2.91. The lowest BCUT2D eigenvalue weighted by atomic mass is 10.1. The minimum Gasteiger partial charge on any atom is -0.399 e. The number of hydrogen-bond donors (Lipinski definition) is 1. The fourth-order valence-electron chi connectivity index (χ4n) is 4.03. The number of nitrogens with two attached hydrogens (primary N) is 1. The first-order valence-corrected chi connectivity index (χ1v) is 13.6. The molecule has 35 heavy (non-hydrogen) atoms. The van der Waals surface area contributed by atoms with Gasteiger partial charge in [0.1, 0.15) is 11.4 Å². The maximum Gasteiger partial charge on any atom is 0.264 e. The fourth-order valence-corrected chi connectivity index (χ4v) is 5.49. The largest absolute Gasteiger partial charge is 0.399 e. The smallest absolute Gasteiger partial charge is 0.264 e. The number of nitrogens with zero attached hydrogens (tertiary/aromatic N) is 3. The molecule has 0 aliphatic rings. The summed E-state index contributed by atoms with van der Waals surface area (Å²) in [5.74, 6) is 0.811. The number of unbranched alkanes of at least 4 members (excludes halogenated alkanes) is 1. The summed E-state index contributed by atoms with van der Waals surface area (Å²) >= 11 is 0. The Morgan fingerprint density at radius 3 is 2.40 bits per heavy atom. The summed E-state index contributed by atoms with van der Waals surface area (Å²) in [5, 5.41) is 0. The number of aromatic nitrogens is 2. The number of methoxy groups -OCH3 is 1. The van der Waals surface area contributed by atoms with E-state index in [1.807, 2.05) is 39.0 Å². The summed E-state index contributed by atoms with van der Waals surface area (Å²) in [7, 11) is -2.07. The predicted molar refractivity (Wildman–Crippen MR) is 141 cm³/mol. The Bertz CT molecular complexity index is 1220. The van der Waals surface area contributed by atoms with Crippen molar-refractivity contribution in [2.75, 3.05) is 36.9 Å². The van der Waals surface area contributed by atoms with Gasteiger partial charge in [-0.2, -0.15) is 0 Å². The SMILES string of the molecule is CCCOCCCCn1c(C(C)(C)OC)nc2cc(N(CC)S(=O)(=O)c3ccc(N)cc3)ccc21. The molecule has 3 rings (SSSR count). The molecule has 0 saturated carbocycles. The van der Waals surface area contributed by atoms with Gasteiger partial charge in [0.25, 0.3) is 10.0 Å². The summed E-state index contributed by atoms with van der Waals surface area (Å²) < 4.78 is 41.7. The van der Waals surface area contributed by atoms with Crippen LogP contribution in [0.25, 0.3) is 11.0 Å². The molecule has 1 aromatic heterocycles. The van der Waals surface area contributed by atoms with Crippen molar-refractivity contribution in [2.24, 2.45) is 0 Å². The lowest BCUT2D eigenvalue weighted by Crippen LogP contribution is -2.30. The summed E-state index contributed by atoms with van der Waals surface area (Å²) in [5.41, 5.74) is 7.91. The topological polar surface area (TPSA) is 99.7 Å². The van der Waals surface area contributed by atoms with E-state index in [-0.39, 0.29) is 11.4 Å². The van der Waals surface area contributed by atoms with Gasteiger partial charge in [0.2, 0.25) is 0 Å². The Hall–Kier alpha value is -2.62. The number of aryl methyl sites for hydroxylation is 1. The highest BCUT2D eigenvalue weighted by Gasteiger charge is 2.29. The number of benzene rings is 2. The molecule has 0 spiro atoms. The molecule has 2 aromatic carbocycles. The first-order chi connectivity index (χ1) is 16.7. The highest BCUT2D eigenvalue weighted by Crippen LogP contribution is 2.32. The van der Waals surface area contributed by atoms with Crippen LogP contribution >= 0.6 is 0 Å². The van der Waals surface area contributed by atoms with Gasteiger partial charge in [0, 0.05) is 39.1 Å². The molecule has 0 radical (unpaired) electrons. The van der Waals surface area contributed by atoms with Crippen molar-refractivity contribution in [3.8, 4) is 0 Å². The van der Waals surface area contributed by atoms with Gasteiger partial charge < -0.3 is 19.8 Å². The third-order valence-electron chi connectivity index (χ3n) is 6.09. The number of nitrogen functional groups attached to an aromatic ring is 1. The van der Waals surface area contributed by atoms with E-state index in [2.05, 4.69) is 11.5 Å². The van der Waals surface area contributed by atoms with Crippen LogP contribution in [0.3, 0.4) is 0 Å². The summed E-state index contributed by atoms with van der Waals surface area (Å²) in [6.45, 7) is 10.5. The predicted octanol–water partition coefficient (Wildman–Crippen LogP) is 4.92. The number of imidazole rings is 1. The van der Waals surface area contributed by atoms with E-state index in [9.17, 15) is 8.42 Å². The molecular formula is C26H38N4O4S. The van der Waals surface area contributed by atoms with Crippen molar-refractivity contribution in [1.82, 2.24) is 9.55 Å². The second-order valence-electron chi connectivity index (χ2n) is 9.03. The zero-order valence-electron chi connectivity index (χ0n) is 21.5. The quantitative estimate of drug-likeness (QED) is 0.263. The second kappa shape index (κ2) is 11.4. The van der Waals surface area contributed by atoms with Crippen LogP contribution < -0.4 is 10.0 Å². The highest BCUT2D eigenvalue weighted by atomic mass is 32.2. The standard InChI is InChI=1S/C26H38N4O4S/c1-6-17-34-18-9-8-16-29-24-15-12-21(19-23(24)28-25(29)26(3,4)33-5)30(7-2)35(31,32)22-13-10-20(27)11-14-22/h10-15,19H,6-9,16-18,27H2,1-5H3. The Balaban J connectivity index is 1.97. The number of hydrogen-bond acceptors (Lipinski definition) is 6. The Morgan fingerprint density at radius 2 is 1.77 bits per heavy atom. The van der Waals surface area contributed by atoms with E-state index in [0.29, 0.717) is 11.4 Å². The number of anilines is 2. The maximum absolute atomic E-state index is 13.4. The normalized spacial score (nSPS) is 12.4. The maximum atomic E-state index is 13.4. The zero-order chi connectivity index (χ0) is 25.6. The molecule has 0 unspecified atom stereocenters. The lowest BCUT2D eigenvalue weighted by Gasteiger charge is -2.24. The van der Waals surface area contributed by atoms with Crippen LogP contribution in [0, 0.1) is 0 Å². The van der Waals surface area contributed by atoms with Gasteiger partial charge in [-0.05, 0) is 82.5 Å². The van der Waals surface area contributed by atoms with Gasteiger partial charge in [-0.25, -0.2) is 13.4 Å². The van der Waals surface area contributed by atoms with Crippen LogP contribution in [0.1, 0.15) is 52.8 Å². The molecule has 9 heteroatoms. The van der Waals surface area contributed by atoms with E-state index < -0.39 is 15.6 Å². The average molecular weight is 503 g/mol. The van der Waals surface area contributed by atoms with E-state index in [1.165, 1.54) is 16.4 Å². The van der Waals surface area contributed by atoms with Gasteiger partial charge in [-0.1, -0.05) is 6.92 Å². The van der Waals surface area contributed by atoms with Gasteiger partial charge in [-0.3, -0.25) is 4.31 Å². The number of sulfonamides is 1. The minimum atomic E-state index is -3.75. The van der Waals surface area contributed by atoms with E-state index in [1.54, 1.807) is 19.2 Å². The van der Waals surface area contributed by atoms with Gasteiger partial charge in [0.15, 0.2) is 0 Å². The van der Waals surface area contributed by atoms with Crippen LogP contribution in [-0.4, -0.2) is 44.8 Å². The molecule has 0 aliphatic heterocycles. The molecule has 3 aromatic rings. The van der Waals surface area contributed by atoms with Crippen LogP contribution in [0.2, 0.25) is 0 Å². The first-order valence-electron chi connectivity index (χ1n) is 12.2. The third-order valence-corrected chi connectivity index (χ3v) is 8.01. The third kappa shape index (κ3) is 5.97. The fraction of sp³-hybridized carbons (Fsp3) is 0.500. The number of rotatable bonds is 13. The highest BCUT2D eigenvalue weighted by molar-refractivity contribution is 7.92. The number of fused-ring (bicyclic) bond motifs is 1. The Kier molecular flexibility index (Phi) is 8.79. The van der Waals surface area contributed by atoms with Crippen LogP contribution in [0.4, 0.5) is 11.4 Å². The summed E-state index contributed by atoms with van der Waals surface area (Å²) in [4.78, 5) is 5.10. The van der Waals surface area contributed by atoms with Gasteiger partial charge >= 0.3 is 0 Å². The lowest BCUT2D eigenvalue weighted by molar-refractivity contribution is 0.00877. The number of ether oxygens (including phenoxy) is 2. The summed E-state index contributed by atoms with van der Waals surface area (Å²) in [6, 6.07) is 11.9. The van der Waals surface area contributed by atoms with Gasteiger partial charge in [0.05, 0.1) is 21.6 Å². The van der Waals surface area contributed by atoms with Crippen molar-refractivity contribution in [2.45, 2.75) is 64.0 Å². The Labute approximate surface area is 209 Å². The second-order valence-corrected chi connectivity index (χ2v) is 10.9. The van der Waals surface area contributed by atoms with Crippen molar-refractivity contribution in [1.29, 1.82) is 0 Å². The van der Waals surface area contributed by atoms with E-state index in [0.717, 1.165) is 55.9 Å². The van der Waals surface area contributed by atoms with Crippen LogP contribution in [0.5, 0.6) is 0 Å². The molecule has 0 atom stereocenters. The first kappa shape index (κ1) is 27.0. The molecule has 0 aliphatic carbocycles. The molecule has 8 nitrogen and oxygen atoms in total. The minimum absolute atomic E-state index is 0.200. The molecule has 0 fully saturated rings. The van der Waals surface area contributed by atoms with E-state index in [4.69, 9.17) is 20.2 Å². The molecule has 0 saturated heterocycles. The molecule has 2 N–H and O–H groups in total. The van der Waals surface area contributed by atoms with E-state index >= 15 is 0 Å². The molecular weight excluding hydrogens is 464 g/mol. The molecule has 0 amide bonds. The Morgan fingerprint density at radius 1 is 1.06 bits per heavy atom. The van der Waals surface area contributed by atoms with Crippen molar-refractivity contribution < 1.29 is 17.9 Å².